The molecule has 1 heterocycles. The van der Waals surface area contributed by atoms with Crippen LogP contribution >= 0.6 is 0 Å². The van der Waals surface area contributed by atoms with Gasteiger partial charge in [-0.1, -0.05) is 30.3 Å². The van der Waals surface area contributed by atoms with Crippen molar-refractivity contribution in [3.63, 3.8) is 0 Å². The summed E-state index contributed by atoms with van der Waals surface area (Å²) in [4.78, 5) is 11.8. The lowest BCUT2D eigenvalue weighted by Crippen LogP contribution is -2.40. The summed E-state index contributed by atoms with van der Waals surface area (Å²) in [6.45, 7) is 8.24. The maximum Gasteiger partial charge on any atom is 0.235 e. The van der Waals surface area contributed by atoms with Crippen molar-refractivity contribution in [2.24, 2.45) is 0 Å². The third-order valence-electron chi connectivity index (χ3n) is 7.73. The molecule has 214 valence electrons. The molecule has 1 aliphatic carbocycles. The van der Waals surface area contributed by atoms with Gasteiger partial charge in [-0.25, -0.2) is 8.42 Å². The van der Waals surface area contributed by atoms with Crippen molar-refractivity contribution < 1.29 is 29.2 Å². The van der Waals surface area contributed by atoms with Crippen LogP contribution in [0.4, 0.5) is 0 Å². The first-order valence-corrected chi connectivity index (χ1v) is 15.4. The first-order chi connectivity index (χ1) is 18.9. The predicted octanol–water partition coefficient (Wildman–Crippen LogP) is 5.76. The van der Waals surface area contributed by atoms with E-state index in [1.54, 1.807) is 13.8 Å². The molecule has 1 amide bonds. The van der Waals surface area contributed by atoms with Gasteiger partial charge in [0.1, 0.15) is 17.6 Å². The molecule has 3 aromatic rings. The van der Waals surface area contributed by atoms with E-state index in [0.29, 0.717) is 13.0 Å². The smallest absolute Gasteiger partial charge is 0.235 e. The van der Waals surface area contributed by atoms with Crippen molar-refractivity contribution in [1.29, 1.82) is 0 Å². The number of rotatable bonds is 8. The molecule has 0 aromatic heterocycles. The summed E-state index contributed by atoms with van der Waals surface area (Å²) in [5.41, 5.74) is 7.25. The SMILES string of the molecule is Cc1cc(OCCC(C)(C)O)cc(C)c1-c1cccc2c1CC[C@H]2Oc1ccc(C2CC(=O)NS(=O)(=O)C2)cc1.[2HH]. The quantitative estimate of drug-likeness (QED) is 0.360. The molecule has 40 heavy (non-hydrogen) atoms. The van der Waals surface area contributed by atoms with Crippen molar-refractivity contribution >= 4 is 15.9 Å². The van der Waals surface area contributed by atoms with Gasteiger partial charge in [0.15, 0.2) is 0 Å². The third kappa shape index (κ3) is 6.34. The van der Waals surface area contributed by atoms with Crippen LogP contribution in [0.5, 0.6) is 11.5 Å². The van der Waals surface area contributed by atoms with Crippen molar-refractivity contribution in [3.05, 3.63) is 82.4 Å². The minimum atomic E-state index is -3.58. The standard InChI is InChI=1S/C32H37NO6S.H2/c1-20-16-25(38-15-14-32(3,4)35)17-21(2)31(20)28-7-5-6-27-26(28)12-13-29(27)39-24-10-8-22(9-11-24)23-18-30(34)33-40(36,37)19-23;/h5-11,16-17,23,29,35H,12-15,18-19H2,1-4H3,(H,33,34);1H/t23?,29-;/m1./s1/i;1+1. The molecule has 7 nitrogen and oxygen atoms in total. The second-order valence-electron chi connectivity index (χ2n) is 11.6. The van der Waals surface area contributed by atoms with Gasteiger partial charge in [-0.2, -0.15) is 0 Å². The van der Waals surface area contributed by atoms with Gasteiger partial charge >= 0.3 is 0 Å². The van der Waals surface area contributed by atoms with E-state index in [2.05, 4.69) is 48.9 Å². The average Bonchev–Trinajstić information content (AvgIpc) is 3.25. The van der Waals surface area contributed by atoms with Gasteiger partial charge in [-0.05, 0) is 104 Å². The third-order valence-corrected chi connectivity index (χ3v) is 9.11. The Balaban J connectivity index is 0.00000387. The number of aryl methyl sites for hydroxylation is 2. The Morgan fingerprint density at radius 1 is 1.05 bits per heavy atom. The summed E-state index contributed by atoms with van der Waals surface area (Å²) in [6, 6.07) is 18.0. The lowest BCUT2D eigenvalue weighted by atomic mass is 9.90. The zero-order valence-corrected chi connectivity index (χ0v) is 24.3. The molecule has 1 aliphatic heterocycles. The zero-order chi connectivity index (χ0) is 28.7. The summed E-state index contributed by atoms with van der Waals surface area (Å²) >= 11 is 0. The van der Waals surface area contributed by atoms with E-state index in [0.717, 1.165) is 41.0 Å². The zero-order valence-electron chi connectivity index (χ0n) is 23.5. The first kappa shape index (κ1) is 28.2. The summed E-state index contributed by atoms with van der Waals surface area (Å²) in [6.07, 6.45) is 2.41. The lowest BCUT2D eigenvalue weighted by Gasteiger charge is -2.23. The second-order valence-corrected chi connectivity index (χ2v) is 13.4. The predicted molar refractivity (Wildman–Crippen MR) is 157 cm³/mol. The molecule has 2 aliphatic rings. The van der Waals surface area contributed by atoms with Crippen molar-refractivity contribution in [2.45, 2.75) is 71.0 Å². The fourth-order valence-corrected chi connectivity index (χ4v) is 7.18. The van der Waals surface area contributed by atoms with Gasteiger partial charge < -0.3 is 14.6 Å². The van der Waals surface area contributed by atoms with Gasteiger partial charge in [-0.3, -0.25) is 9.52 Å². The van der Waals surface area contributed by atoms with Crippen molar-refractivity contribution in [1.82, 2.24) is 4.72 Å². The summed E-state index contributed by atoms with van der Waals surface area (Å²) < 4.78 is 38.3. The Labute approximate surface area is 238 Å². The highest BCUT2D eigenvalue weighted by Gasteiger charge is 2.31. The van der Waals surface area contributed by atoms with Crippen LogP contribution in [0.1, 0.15) is 74.4 Å². The molecule has 0 bridgehead atoms. The number of hydrogen-bond donors (Lipinski definition) is 2. The van der Waals surface area contributed by atoms with Crippen LogP contribution in [0, 0.1) is 13.8 Å². The Kier molecular flexibility index (Phi) is 7.68. The monoisotopic (exact) mass is 566 g/mol. The minimum Gasteiger partial charge on any atom is -0.493 e. The number of nitrogens with one attached hydrogen (secondary N) is 1. The first-order valence-electron chi connectivity index (χ1n) is 13.8. The van der Waals surface area contributed by atoms with E-state index in [-0.39, 0.29) is 25.6 Å². The fraction of sp³-hybridized carbons (Fsp3) is 0.406. The number of fused-ring (bicyclic) bond motifs is 1. The molecule has 1 fully saturated rings. The molecule has 0 spiro atoms. The van der Waals surface area contributed by atoms with Crippen LogP contribution in [0.3, 0.4) is 0 Å². The number of carbonyl (C=O) groups is 1. The van der Waals surface area contributed by atoms with Crippen molar-refractivity contribution in [2.75, 3.05) is 12.4 Å². The van der Waals surface area contributed by atoms with Gasteiger partial charge in [0.25, 0.3) is 0 Å². The molecule has 3 aromatic carbocycles. The van der Waals surface area contributed by atoms with E-state index in [9.17, 15) is 18.3 Å². The minimum absolute atomic E-state index is 0. The molecule has 0 radical (unpaired) electrons. The highest BCUT2D eigenvalue weighted by Crippen LogP contribution is 2.42. The molecular formula is C32H39NO6S. The maximum absolute atomic E-state index is 12.0. The van der Waals surface area contributed by atoms with Crippen LogP contribution in [0.25, 0.3) is 11.1 Å². The number of ether oxygens (including phenoxy) is 2. The van der Waals surface area contributed by atoms with E-state index >= 15 is 0 Å². The second kappa shape index (κ2) is 10.9. The summed E-state index contributed by atoms with van der Waals surface area (Å²) in [5.74, 6) is 0.618. The van der Waals surface area contributed by atoms with Crippen LogP contribution in [-0.2, 0) is 21.2 Å². The Bertz CT molecular complexity index is 1510. The Morgan fingerprint density at radius 2 is 1.75 bits per heavy atom. The van der Waals surface area contributed by atoms with Gasteiger partial charge in [0, 0.05) is 20.2 Å². The van der Waals surface area contributed by atoms with E-state index in [1.165, 1.54) is 22.3 Å². The number of benzene rings is 3. The molecule has 0 saturated carbocycles. The van der Waals surface area contributed by atoms with Gasteiger partial charge in [0.05, 0.1) is 18.0 Å². The van der Waals surface area contributed by atoms with Crippen LogP contribution in [-0.4, -0.2) is 37.4 Å². The average molecular weight is 567 g/mol. The van der Waals surface area contributed by atoms with E-state index < -0.39 is 21.5 Å². The Morgan fingerprint density at radius 3 is 2.40 bits per heavy atom. The van der Waals surface area contributed by atoms with E-state index in [1.807, 2.05) is 24.3 Å². The van der Waals surface area contributed by atoms with Crippen molar-refractivity contribution in [3.8, 4) is 22.6 Å². The molecular weight excluding hydrogens is 526 g/mol. The summed E-state index contributed by atoms with van der Waals surface area (Å²) in [7, 11) is -3.58. The number of amides is 1. The summed E-state index contributed by atoms with van der Waals surface area (Å²) in [5, 5.41) is 9.97. The number of hydrogen-bond acceptors (Lipinski definition) is 6. The highest BCUT2D eigenvalue weighted by atomic mass is 32.2. The molecule has 2 atom stereocenters. The van der Waals surface area contributed by atoms with Crippen LogP contribution < -0.4 is 14.2 Å². The largest absolute Gasteiger partial charge is 0.493 e. The molecule has 8 heteroatoms. The van der Waals surface area contributed by atoms with E-state index in [4.69, 9.17) is 9.47 Å². The molecule has 2 N–H and O–H groups in total. The Hall–Kier alpha value is -3.36. The highest BCUT2D eigenvalue weighted by molar-refractivity contribution is 7.90. The van der Waals surface area contributed by atoms with Crippen LogP contribution in [0.2, 0.25) is 0 Å². The fourth-order valence-electron chi connectivity index (χ4n) is 5.82. The number of aliphatic hydroxyl groups is 1. The number of carbonyl (C=O) groups excluding carboxylic acids is 1. The molecule has 1 unspecified atom stereocenters. The lowest BCUT2D eigenvalue weighted by molar-refractivity contribution is -0.119. The molecule has 1 saturated heterocycles. The topological polar surface area (TPSA) is 102 Å². The van der Waals surface area contributed by atoms with Gasteiger partial charge in [0.2, 0.25) is 15.9 Å². The normalized spacial score (nSPS) is 20.1. The number of sulfonamides is 1. The van der Waals surface area contributed by atoms with Crippen LogP contribution in [0.15, 0.2) is 54.6 Å². The van der Waals surface area contributed by atoms with Gasteiger partial charge in [-0.15, -0.1) is 0 Å². The maximum atomic E-state index is 12.0. The molecule has 5 rings (SSSR count).